The fourth-order valence-corrected chi connectivity index (χ4v) is 23.3. The Morgan fingerprint density at radius 2 is 0.612 bits per heavy atom. The van der Waals surface area contributed by atoms with Crippen LogP contribution in [0.15, 0.2) is 112 Å². The first-order valence-electron chi connectivity index (χ1n) is 47.1. The topological polar surface area (TPSA) is 347 Å². The van der Waals surface area contributed by atoms with Crippen molar-refractivity contribution >= 4 is 124 Å². The van der Waals surface area contributed by atoms with Gasteiger partial charge in [-0.3, -0.25) is 0 Å². The first-order valence-corrected chi connectivity index (χ1v) is 53.0. The first-order chi connectivity index (χ1) is 64.1. The van der Waals surface area contributed by atoms with Gasteiger partial charge >= 0.3 is 53.7 Å². The molecule has 36 heteroatoms. The van der Waals surface area contributed by atoms with Gasteiger partial charge in [-0.25, -0.2) is 43.2 Å². The summed E-state index contributed by atoms with van der Waals surface area (Å²) in [4.78, 5) is 100. The molecule has 9 heterocycles. The molecular weight excluding hydrogens is 1850 g/mol. The summed E-state index contributed by atoms with van der Waals surface area (Å²) in [6.45, 7) is 51.4. The Kier molecular flexibility index (Phi) is 53.4. The number of hydrogen-bond donors (Lipinski definition) is 0. The number of ether oxygens (including phenoxy) is 21. The van der Waals surface area contributed by atoms with Crippen molar-refractivity contribution in [2.45, 2.75) is 370 Å². The van der Waals surface area contributed by atoms with Gasteiger partial charge in [0.2, 0.25) is 44.0 Å². The third-order valence-corrected chi connectivity index (χ3v) is 31.6. The Morgan fingerprint density at radius 1 is 0.299 bits per heavy atom. The normalized spacial score (nSPS) is 32.2. The zero-order chi connectivity index (χ0) is 97.7. The van der Waals surface area contributed by atoms with Crippen LogP contribution in [0, 0.1) is 0 Å². The summed E-state index contributed by atoms with van der Waals surface area (Å²) < 4.78 is 113. The number of hydrogen-bond acceptors (Lipinski definition) is 36. The molecule has 22 unspecified atom stereocenters. The largest absolute Gasteiger partial charge is 0.446 e. The molecule has 6 aliphatic carbocycles. The number of carbonyl (C=O) groups is 9. The smallest absolute Gasteiger partial charge is 0.335 e. The van der Waals surface area contributed by atoms with Gasteiger partial charge in [0.05, 0.1) is 109 Å². The van der Waals surface area contributed by atoms with Crippen LogP contribution in [0.3, 0.4) is 0 Å². The lowest BCUT2D eigenvalue weighted by Crippen LogP contribution is -2.46. The lowest BCUT2D eigenvalue weighted by atomic mass is 9.94. The van der Waals surface area contributed by atoms with Gasteiger partial charge in [-0.1, -0.05) is 136 Å². The Balaban J connectivity index is 0.000000206. The van der Waals surface area contributed by atoms with E-state index in [2.05, 4.69) is 59.2 Å². The SMILES string of the molecule is C=C(C)C(=O)OC1COC2CCCCC2O1.C=C(C)C(=O)OC1COC2CCCCC2S1.C=C(C)C(=O)OC1CSC2CCCCC2O1.C=C(C)C(=O)OC1OCCSC1(C)C.C=CC(=O)OC1COC(C)CCCO1.C=CC(=O)OC1COC2CCCCC2O1.C=CC(=O)OC1COC2CCCCC2S1.C=CC(=O)OC1CSC2CCCCC2O1.C=CC(=O)OC1OCCSC1(C)C. The highest BCUT2D eigenvalue weighted by Gasteiger charge is 2.44. The van der Waals surface area contributed by atoms with Crippen molar-refractivity contribution in [3.05, 3.63) is 112 Å². The molecule has 0 N–H and O–H groups in total. The highest BCUT2D eigenvalue weighted by molar-refractivity contribution is 8.01. The molecule has 15 fully saturated rings. The minimum atomic E-state index is -0.594. The summed E-state index contributed by atoms with van der Waals surface area (Å²) in [5, 5.41) is 2.23. The second-order valence-electron chi connectivity index (χ2n) is 35.4. The van der Waals surface area contributed by atoms with Gasteiger partial charge in [0.25, 0.3) is 0 Å². The molecule has 30 nitrogen and oxygen atoms in total. The maximum Gasteiger partial charge on any atom is 0.335 e. The molecule has 0 bridgehead atoms. The van der Waals surface area contributed by atoms with E-state index in [9.17, 15) is 43.2 Å². The summed E-state index contributed by atoms with van der Waals surface area (Å²) in [6.07, 6.45) is 34.5. The Labute approximate surface area is 818 Å². The fourth-order valence-electron chi connectivity index (χ4n) is 16.0. The van der Waals surface area contributed by atoms with Gasteiger partial charge in [0, 0.05) is 85.2 Å². The number of carbonyl (C=O) groups excluding carboxylic acids is 9. The van der Waals surface area contributed by atoms with Crippen LogP contribution >= 0.6 is 70.6 Å². The predicted molar refractivity (Wildman–Crippen MR) is 519 cm³/mol. The van der Waals surface area contributed by atoms with E-state index in [4.69, 9.17) is 99.5 Å². The molecule has 0 radical (unpaired) electrons. The molecule has 756 valence electrons. The van der Waals surface area contributed by atoms with Gasteiger partial charge in [0.1, 0.15) is 19.8 Å². The molecule has 22 atom stereocenters. The highest BCUT2D eigenvalue weighted by atomic mass is 32.2. The van der Waals surface area contributed by atoms with Gasteiger partial charge < -0.3 is 99.5 Å². The second-order valence-corrected chi connectivity index (χ2v) is 44.3. The van der Waals surface area contributed by atoms with Crippen LogP contribution in [0.2, 0.25) is 0 Å². The first kappa shape index (κ1) is 115. The molecule has 9 saturated heterocycles. The summed E-state index contributed by atoms with van der Waals surface area (Å²) in [5.74, 6) is -0.196. The molecule has 0 aromatic rings. The molecule has 0 amide bonds. The monoisotopic (exact) mass is 2000 g/mol. The molecule has 134 heavy (non-hydrogen) atoms. The molecular formula is C98H148O30S6. The minimum Gasteiger partial charge on any atom is -0.446 e. The summed E-state index contributed by atoms with van der Waals surface area (Å²) in [7, 11) is 0. The van der Waals surface area contributed by atoms with E-state index < -0.39 is 61.3 Å². The van der Waals surface area contributed by atoms with E-state index in [1.165, 1.54) is 102 Å². The molecule has 0 aromatic carbocycles. The lowest BCUT2D eigenvalue weighted by molar-refractivity contribution is -0.264. The van der Waals surface area contributed by atoms with E-state index in [-0.39, 0.29) is 99.6 Å². The standard InChI is InChI=1S/C12H18O4.2C12H18O3S.C11H16O4.2C11H16O3S.C10H16O4.C10H16O3S.C9H14O3S/c1-8(2)12(13)16-11-7-14-9-5-3-4-6-10(9)15-11;1-8(2)12(13)15-11-7-16-10-6-4-3-5-9(10)14-11;1-8(2)12(13)15-11-7-14-9-5-3-4-6-10(9)16-11;1-2-10(12)15-11-7-13-8-5-3-4-6-9(8)14-11;1-2-10(12)14-11-7-15-9-6-4-3-5-8(9)13-11;1-2-10(12)14-11-7-13-8-5-3-4-6-9(8)15-11;1-3-9(11)14-10-7-13-8(2)5-4-6-12-10;1-7(2)8(11)13-9-10(3,4)14-6-5-12-9;1-4-7(10)12-8-9(2,3)13-6-5-11-8/h3*9-11H,1,3-7H2,2H3;3*2,8-9,11H,1,3-7H2;3,8,10H,1,4-7H2,2H3;9H,1,5-6H2,2-4H3;4,8H,1,5-6H2,2-3H3. The zero-order valence-electron chi connectivity index (χ0n) is 80.0. The van der Waals surface area contributed by atoms with Gasteiger partial charge in [-0.2, -0.15) is 0 Å². The van der Waals surface area contributed by atoms with Gasteiger partial charge in [-0.05, 0) is 152 Å². The van der Waals surface area contributed by atoms with Crippen LogP contribution in [0.25, 0.3) is 0 Å². The van der Waals surface area contributed by atoms with Crippen molar-refractivity contribution in [2.24, 2.45) is 0 Å². The summed E-state index contributed by atoms with van der Waals surface area (Å²) >= 11 is 10.7. The van der Waals surface area contributed by atoms with Crippen LogP contribution in [-0.2, 0) is 143 Å². The van der Waals surface area contributed by atoms with Crippen LogP contribution < -0.4 is 0 Å². The predicted octanol–water partition coefficient (Wildman–Crippen LogP) is 17.2. The molecule has 6 saturated carbocycles. The van der Waals surface area contributed by atoms with Gasteiger partial charge in [0.15, 0.2) is 10.9 Å². The Bertz CT molecular complexity index is 3520. The average Bonchev–Trinajstić information content (AvgIpc) is 0.853. The highest BCUT2D eigenvalue weighted by Crippen LogP contribution is 2.43. The van der Waals surface area contributed by atoms with E-state index >= 15 is 0 Å². The number of thioether (sulfide) groups is 6. The average molecular weight is 2000 g/mol. The third kappa shape index (κ3) is 42.5. The van der Waals surface area contributed by atoms with Crippen molar-refractivity contribution < 1.29 is 143 Å². The minimum absolute atomic E-state index is 0.0884. The van der Waals surface area contributed by atoms with Crippen molar-refractivity contribution in [3.8, 4) is 0 Å². The molecule has 15 aliphatic rings. The van der Waals surface area contributed by atoms with E-state index in [1.807, 2.05) is 58.1 Å². The van der Waals surface area contributed by atoms with Gasteiger partial charge in [-0.15, -0.1) is 70.6 Å². The third-order valence-electron chi connectivity index (χ3n) is 23.2. The van der Waals surface area contributed by atoms with Crippen molar-refractivity contribution in [3.63, 3.8) is 0 Å². The fraction of sp³-hybridized carbons (Fsp3) is 0.724. The van der Waals surface area contributed by atoms with Crippen LogP contribution in [0.1, 0.15) is 229 Å². The zero-order valence-corrected chi connectivity index (χ0v) is 84.9. The Morgan fingerprint density at radius 3 is 1.04 bits per heavy atom. The maximum atomic E-state index is 11.4. The lowest BCUT2D eigenvalue weighted by Gasteiger charge is -2.38. The van der Waals surface area contributed by atoms with Crippen LogP contribution in [0.4, 0.5) is 0 Å². The quantitative estimate of drug-likeness (QED) is 0.0699. The van der Waals surface area contributed by atoms with Crippen LogP contribution in [0.5, 0.6) is 0 Å². The number of fused-ring (bicyclic) bond motifs is 6. The van der Waals surface area contributed by atoms with E-state index in [0.717, 1.165) is 118 Å². The maximum absolute atomic E-state index is 11.4. The second kappa shape index (κ2) is 61.9. The van der Waals surface area contributed by atoms with E-state index in [1.54, 1.807) is 74.7 Å². The van der Waals surface area contributed by atoms with Crippen molar-refractivity contribution in [1.29, 1.82) is 0 Å². The van der Waals surface area contributed by atoms with Crippen LogP contribution in [-0.4, -0.2) is 270 Å². The molecule has 0 spiro atoms. The van der Waals surface area contributed by atoms with Crippen molar-refractivity contribution in [1.82, 2.24) is 0 Å². The number of rotatable bonds is 18. The van der Waals surface area contributed by atoms with Crippen molar-refractivity contribution in [2.75, 3.05) is 75.9 Å². The van der Waals surface area contributed by atoms with E-state index in [0.29, 0.717) is 108 Å². The summed E-state index contributed by atoms with van der Waals surface area (Å²) in [6, 6.07) is 0. The molecule has 0 aromatic heterocycles. The molecule has 9 aliphatic heterocycles. The Hall–Kier alpha value is -5.49. The number of esters is 9. The summed E-state index contributed by atoms with van der Waals surface area (Å²) in [5.41, 5.74) is 1.37. The molecule has 15 rings (SSSR count).